The number of ether oxygens (including phenoxy) is 4. The number of anilines is 1. The maximum atomic E-state index is 14.0. The van der Waals surface area contributed by atoms with E-state index in [1.165, 1.54) is 0 Å². The first-order chi connectivity index (χ1) is 19.9. The normalized spacial score (nSPS) is 18.3. The van der Waals surface area contributed by atoms with Crippen LogP contribution in [0.2, 0.25) is 0 Å². The Morgan fingerprint density at radius 2 is 1.54 bits per heavy atom. The van der Waals surface area contributed by atoms with Gasteiger partial charge >= 0.3 is 0 Å². The Bertz CT molecular complexity index is 1540. The number of ketones is 1. The van der Waals surface area contributed by atoms with Gasteiger partial charge in [-0.25, -0.2) is 0 Å². The second-order valence-corrected chi connectivity index (χ2v) is 10.1. The van der Waals surface area contributed by atoms with E-state index in [0.717, 1.165) is 16.8 Å². The largest absolute Gasteiger partial charge is 0.497 e. The molecule has 1 heterocycles. The van der Waals surface area contributed by atoms with Crippen molar-refractivity contribution in [2.75, 3.05) is 33.8 Å². The zero-order chi connectivity index (χ0) is 29.1. The fourth-order valence-electron chi connectivity index (χ4n) is 5.77. The average molecular weight is 555 g/mol. The summed E-state index contributed by atoms with van der Waals surface area (Å²) in [6.45, 7) is 1.87. The predicted molar refractivity (Wildman–Crippen MR) is 157 cm³/mol. The van der Waals surface area contributed by atoms with Gasteiger partial charge in [0.25, 0.3) is 5.91 Å². The summed E-state index contributed by atoms with van der Waals surface area (Å²) in [7, 11) is 6.38. The molecule has 0 bridgehead atoms. The minimum absolute atomic E-state index is 0.0170. The summed E-state index contributed by atoms with van der Waals surface area (Å²) < 4.78 is 21.9. The quantitative estimate of drug-likeness (QED) is 0.368. The van der Waals surface area contributed by atoms with Gasteiger partial charge in [-0.2, -0.15) is 0 Å². The molecule has 1 amide bonds. The maximum absolute atomic E-state index is 14.0. The van der Waals surface area contributed by atoms with E-state index >= 15 is 0 Å². The van der Waals surface area contributed by atoms with E-state index in [0.29, 0.717) is 58.4 Å². The summed E-state index contributed by atoms with van der Waals surface area (Å²) in [5.74, 6) is 1.59. The molecule has 0 aromatic heterocycles. The number of para-hydroxylation sites is 1. The molecule has 3 aromatic rings. The number of allylic oxidation sites excluding steroid dienone is 3. The topological polar surface area (TPSA) is 95.1 Å². The van der Waals surface area contributed by atoms with Crippen molar-refractivity contribution in [3.8, 4) is 23.0 Å². The van der Waals surface area contributed by atoms with Crippen molar-refractivity contribution in [2.45, 2.75) is 31.6 Å². The lowest BCUT2D eigenvalue weighted by Gasteiger charge is -2.37. The number of hydrogen-bond acceptors (Lipinski definition) is 7. The molecule has 0 saturated heterocycles. The van der Waals surface area contributed by atoms with Gasteiger partial charge in [-0.15, -0.1) is 0 Å². The van der Waals surface area contributed by atoms with Gasteiger partial charge in [0, 0.05) is 40.2 Å². The molecule has 1 aliphatic carbocycles. The van der Waals surface area contributed by atoms with Crippen LogP contribution in [0.25, 0.3) is 0 Å². The van der Waals surface area contributed by atoms with Crippen molar-refractivity contribution < 1.29 is 28.5 Å². The van der Waals surface area contributed by atoms with E-state index in [1.807, 2.05) is 49.4 Å². The van der Waals surface area contributed by atoms with E-state index in [9.17, 15) is 9.59 Å². The fraction of sp³-hybridized carbons (Fsp3) is 0.273. The highest BCUT2D eigenvalue weighted by molar-refractivity contribution is 6.10. The van der Waals surface area contributed by atoms with Gasteiger partial charge in [0.1, 0.15) is 11.5 Å². The summed E-state index contributed by atoms with van der Waals surface area (Å²) in [6.07, 6.45) is 0.904. The molecular weight excluding hydrogens is 520 g/mol. The minimum Gasteiger partial charge on any atom is -0.497 e. The fourth-order valence-corrected chi connectivity index (χ4v) is 5.77. The van der Waals surface area contributed by atoms with Crippen LogP contribution in [0, 0.1) is 0 Å². The third kappa shape index (κ3) is 5.37. The van der Waals surface area contributed by atoms with E-state index < -0.39 is 5.92 Å². The highest BCUT2D eigenvalue weighted by Gasteiger charge is 2.42. The SMILES string of the molecule is COc1ccc(NC(=O)C2=C(C)NC3=C(C(=O)C[C@H](c4ccc(OC)c(OC)c4)C3)[C@H]2c2ccccc2OC)cc1. The van der Waals surface area contributed by atoms with Crippen molar-refractivity contribution in [1.82, 2.24) is 5.32 Å². The van der Waals surface area contributed by atoms with Crippen LogP contribution in [0.3, 0.4) is 0 Å². The van der Waals surface area contributed by atoms with E-state index in [2.05, 4.69) is 10.6 Å². The number of amides is 1. The number of carbonyl (C=O) groups excluding carboxylic acids is 2. The van der Waals surface area contributed by atoms with Gasteiger partial charge in [0.15, 0.2) is 17.3 Å². The zero-order valence-electron chi connectivity index (χ0n) is 23.9. The van der Waals surface area contributed by atoms with Crippen molar-refractivity contribution in [3.05, 3.63) is 100 Å². The second-order valence-electron chi connectivity index (χ2n) is 10.1. The second kappa shape index (κ2) is 11.8. The number of rotatable bonds is 8. The van der Waals surface area contributed by atoms with Crippen molar-refractivity contribution in [2.24, 2.45) is 0 Å². The Balaban J connectivity index is 1.55. The lowest BCUT2D eigenvalue weighted by Crippen LogP contribution is -2.37. The molecule has 0 saturated carbocycles. The van der Waals surface area contributed by atoms with Gasteiger partial charge in [0.2, 0.25) is 0 Å². The molecule has 5 rings (SSSR count). The smallest absolute Gasteiger partial charge is 0.254 e. The highest BCUT2D eigenvalue weighted by atomic mass is 16.5. The summed E-state index contributed by atoms with van der Waals surface area (Å²) in [5, 5.41) is 6.44. The highest BCUT2D eigenvalue weighted by Crippen LogP contribution is 2.48. The van der Waals surface area contributed by atoms with Crippen LogP contribution in [-0.2, 0) is 9.59 Å². The lowest BCUT2D eigenvalue weighted by molar-refractivity contribution is -0.116. The van der Waals surface area contributed by atoms with Crippen LogP contribution < -0.4 is 29.6 Å². The molecule has 2 aliphatic rings. The van der Waals surface area contributed by atoms with Crippen LogP contribution in [0.1, 0.15) is 42.7 Å². The van der Waals surface area contributed by atoms with Gasteiger partial charge in [-0.1, -0.05) is 24.3 Å². The lowest BCUT2D eigenvalue weighted by atomic mass is 9.71. The number of benzene rings is 3. The van der Waals surface area contributed by atoms with Crippen LogP contribution in [-0.4, -0.2) is 40.1 Å². The van der Waals surface area contributed by atoms with Gasteiger partial charge in [-0.05, 0) is 67.3 Å². The molecule has 3 aromatic carbocycles. The third-order valence-electron chi connectivity index (χ3n) is 7.75. The average Bonchev–Trinajstić information content (AvgIpc) is 3.00. The summed E-state index contributed by atoms with van der Waals surface area (Å²) >= 11 is 0. The molecule has 212 valence electrons. The number of hydrogen-bond donors (Lipinski definition) is 2. The van der Waals surface area contributed by atoms with Crippen molar-refractivity contribution in [3.63, 3.8) is 0 Å². The Labute approximate surface area is 240 Å². The van der Waals surface area contributed by atoms with Crippen LogP contribution in [0.15, 0.2) is 89.3 Å². The van der Waals surface area contributed by atoms with Crippen molar-refractivity contribution >= 4 is 17.4 Å². The number of dihydropyridines is 1. The number of methoxy groups -OCH3 is 4. The number of Topliss-reactive ketones (excluding diaryl/α,β-unsaturated/α-hetero) is 1. The zero-order valence-corrected chi connectivity index (χ0v) is 23.9. The minimum atomic E-state index is -0.598. The van der Waals surface area contributed by atoms with E-state index in [1.54, 1.807) is 52.7 Å². The Morgan fingerprint density at radius 3 is 2.22 bits per heavy atom. The van der Waals surface area contributed by atoms with E-state index in [-0.39, 0.29) is 17.6 Å². The molecule has 1 aliphatic heterocycles. The van der Waals surface area contributed by atoms with Gasteiger partial charge < -0.3 is 29.6 Å². The molecule has 0 unspecified atom stereocenters. The molecule has 8 nitrogen and oxygen atoms in total. The summed E-state index contributed by atoms with van der Waals surface area (Å²) in [5.41, 5.74) is 4.95. The summed E-state index contributed by atoms with van der Waals surface area (Å²) in [6, 6.07) is 20.4. The predicted octanol–water partition coefficient (Wildman–Crippen LogP) is 5.72. The van der Waals surface area contributed by atoms with Gasteiger partial charge in [-0.3, -0.25) is 9.59 Å². The third-order valence-corrected chi connectivity index (χ3v) is 7.75. The maximum Gasteiger partial charge on any atom is 0.254 e. The monoisotopic (exact) mass is 554 g/mol. The molecule has 2 N–H and O–H groups in total. The first-order valence-corrected chi connectivity index (χ1v) is 13.4. The summed E-state index contributed by atoms with van der Waals surface area (Å²) in [4.78, 5) is 27.9. The van der Waals surface area contributed by atoms with Crippen molar-refractivity contribution in [1.29, 1.82) is 0 Å². The molecule has 41 heavy (non-hydrogen) atoms. The number of nitrogens with one attached hydrogen (secondary N) is 2. The Kier molecular flexibility index (Phi) is 8.01. The molecule has 2 atom stereocenters. The van der Waals surface area contributed by atoms with Crippen LogP contribution >= 0.6 is 0 Å². The first-order valence-electron chi connectivity index (χ1n) is 13.4. The molecule has 0 radical (unpaired) electrons. The molecule has 0 fully saturated rings. The molecular formula is C33H34N2O6. The van der Waals surface area contributed by atoms with E-state index in [4.69, 9.17) is 18.9 Å². The molecule has 8 heteroatoms. The standard InChI is InChI=1S/C33H34N2O6/c1-19-30(33(37)35-22-11-13-23(38-2)14-12-22)31(24-8-6-7-9-27(24)39-3)32-25(34-19)16-21(17-26(32)36)20-10-15-28(40-4)29(18-20)41-5/h6-15,18,21,31,34H,16-17H2,1-5H3,(H,35,37)/t21-,31+/m1/s1. The Hall–Kier alpha value is -4.72. The Morgan fingerprint density at radius 1 is 0.829 bits per heavy atom. The van der Waals surface area contributed by atoms with Gasteiger partial charge in [0.05, 0.1) is 34.4 Å². The van der Waals surface area contributed by atoms with Crippen LogP contribution in [0.4, 0.5) is 5.69 Å². The van der Waals surface area contributed by atoms with Crippen LogP contribution in [0.5, 0.6) is 23.0 Å². The number of carbonyl (C=O) groups is 2. The molecule has 0 spiro atoms. The first kappa shape index (κ1) is 27.8.